The van der Waals surface area contributed by atoms with Crippen molar-refractivity contribution in [2.75, 3.05) is 13.1 Å². The standard InChI is InChI=1S/C21H27N3O2/c1-3-4-11-23(21(26)20-10-7-12-24(20)16(2)25)15-17-13-18-8-5-6-9-19(18)22-14-17/h5-6,8-9,13-14,20H,3-4,7,10-12,15H2,1-2H3. The molecule has 0 spiro atoms. The Labute approximate surface area is 155 Å². The van der Waals surface area contributed by atoms with Crippen LogP contribution in [0.15, 0.2) is 36.5 Å². The van der Waals surface area contributed by atoms with Crippen molar-refractivity contribution >= 4 is 22.7 Å². The van der Waals surface area contributed by atoms with Crippen molar-refractivity contribution in [3.63, 3.8) is 0 Å². The smallest absolute Gasteiger partial charge is 0.245 e. The van der Waals surface area contributed by atoms with Crippen molar-refractivity contribution in [3.05, 3.63) is 42.1 Å². The third-order valence-electron chi connectivity index (χ3n) is 5.06. The quantitative estimate of drug-likeness (QED) is 0.800. The normalized spacial score (nSPS) is 16.8. The van der Waals surface area contributed by atoms with Gasteiger partial charge in [-0.15, -0.1) is 0 Å². The minimum atomic E-state index is -0.308. The highest BCUT2D eigenvalue weighted by molar-refractivity contribution is 5.87. The van der Waals surface area contributed by atoms with Gasteiger partial charge in [-0.05, 0) is 37.0 Å². The Kier molecular flexibility index (Phi) is 5.86. The fourth-order valence-electron chi connectivity index (χ4n) is 3.65. The van der Waals surface area contributed by atoms with Gasteiger partial charge in [-0.2, -0.15) is 0 Å². The van der Waals surface area contributed by atoms with Crippen LogP contribution in [0.4, 0.5) is 0 Å². The third-order valence-corrected chi connectivity index (χ3v) is 5.06. The summed E-state index contributed by atoms with van der Waals surface area (Å²) >= 11 is 0. The first-order chi connectivity index (χ1) is 12.6. The Morgan fingerprint density at radius 1 is 1.31 bits per heavy atom. The van der Waals surface area contributed by atoms with E-state index in [1.54, 1.807) is 11.8 Å². The van der Waals surface area contributed by atoms with Crippen molar-refractivity contribution in [1.29, 1.82) is 0 Å². The molecule has 0 radical (unpaired) electrons. The molecule has 3 rings (SSSR count). The molecule has 2 aromatic rings. The summed E-state index contributed by atoms with van der Waals surface area (Å²) in [5.41, 5.74) is 1.99. The zero-order chi connectivity index (χ0) is 18.5. The van der Waals surface area contributed by atoms with Crippen molar-refractivity contribution < 1.29 is 9.59 Å². The van der Waals surface area contributed by atoms with Crippen molar-refractivity contribution in [2.45, 2.75) is 52.1 Å². The average Bonchev–Trinajstić information content (AvgIpc) is 3.14. The summed E-state index contributed by atoms with van der Waals surface area (Å²) in [5, 5.41) is 1.08. The highest BCUT2D eigenvalue weighted by Gasteiger charge is 2.34. The molecule has 0 saturated carbocycles. The molecule has 1 aromatic carbocycles. The topological polar surface area (TPSA) is 53.5 Å². The lowest BCUT2D eigenvalue weighted by molar-refractivity contribution is -0.143. The van der Waals surface area contributed by atoms with E-state index in [-0.39, 0.29) is 17.9 Å². The van der Waals surface area contributed by atoms with E-state index in [9.17, 15) is 9.59 Å². The lowest BCUT2D eigenvalue weighted by atomic mass is 10.1. The predicted octanol–water partition coefficient (Wildman–Crippen LogP) is 3.37. The number of likely N-dealkylation sites (tertiary alicyclic amines) is 1. The highest BCUT2D eigenvalue weighted by Crippen LogP contribution is 2.21. The number of hydrogen-bond acceptors (Lipinski definition) is 3. The van der Waals surface area contributed by atoms with Crippen LogP contribution in [0.25, 0.3) is 10.9 Å². The van der Waals surface area contributed by atoms with E-state index in [0.717, 1.165) is 42.1 Å². The van der Waals surface area contributed by atoms with Crippen LogP contribution in [0, 0.1) is 0 Å². The molecule has 2 amide bonds. The molecule has 1 saturated heterocycles. The second-order valence-electron chi connectivity index (χ2n) is 7.02. The van der Waals surface area contributed by atoms with Crippen molar-refractivity contribution in [3.8, 4) is 0 Å². The predicted molar refractivity (Wildman–Crippen MR) is 102 cm³/mol. The molecule has 1 aliphatic rings. The Balaban J connectivity index is 1.80. The van der Waals surface area contributed by atoms with Crippen LogP contribution in [-0.4, -0.2) is 45.7 Å². The van der Waals surface area contributed by atoms with Gasteiger partial charge in [0, 0.05) is 38.1 Å². The highest BCUT2D eigenvalue weighted by atomic mass is 16.2. The summed E-state index contributed by atoms with van der Waals surface area (Å²) in [4.78, 5) is 33.1. The number of fused-ring (bicyclic) bond motifs is 1. The number of benzene rings is 1. The maximum Gasteiger partial charge on any atom is 0.245 e. The number of carbonyl (C=O) groups is 2. The van der Waals surface area contributed by atoms with E-state index in [4.69, 9.17) is 0 Å². The zero-order valence-corrected chi connectivity index (χ0v) is 15.6. The molecular formula is C21H27N3O2. The van der Waals surface area contributed by atoms with Crippen molar-refractivity contribution in [1.82, 2.24) is 14.8 Å². The number of hydrogen-bond donors (Lipinski definition) is 0. The van der Waals surface area contributed by atoms with E-state index in [1.165, 1.54) is 0 Å². The average molecular weight is 353 g/mol. The molecule has 1 atom stereocenters. The fraction of sp³-hybridized carbons (Fsp3) is 0.476. The number of rotatable bonds is 6. The molecule has 0 aliphatic carbocycles. The first-order valence-electron chi connectivity index (χ1n) is 9.50. The van der Waals surface area contributed by atoms with Gasteiger partial charge in [0.05, 0.1) is 5.52 Å². The molecule has 1 aliphatic heterocycles. The van der Waals surface area contributed by atoms with Gasteiger partial charge in [0.2, 0.25) is 11.8 Å². The molecule has 5 nitrogen and oxygen atoms in total. The second-order valence-corrected chi connectivity index (χ2v) is 7.02. The number of unbranched alkanes of at least 4 members (excludes halogenated alkanes) is 1. The van der Waals surface area contributed by atoms with Gasteiger partial charge in [-0.25, -0.2) is 0 Å². The number of amides is 2. The Morgan fingerprint density at radius 2 is 2.12 bits per heavy atom. The molecule has 1 unspecified atom stereocenters. The van der Waals surface area contributed by atoms with E-state index < -0.39 is 0 Å². The Morgan fingerprint density at radius 3 is 2.88 bits per heavy atom. The fourth-order valence-corrected chi connectivity index (χ4v) is 3.65. The molecule has 2 heterocycles. The Hall–Kier alpha value is -2.43. The number of carbonyl (C=O) groups excluding carboxylic acids is 2. The van der Waals surface area contributed by atoms with Gasteiger partial charge in [-0.3, -0.25) is 14.6 Å². The van der Waals surface area contributed by atoms with Gasteiger partial charge < -0.3 is 9.80 Å². The minimum Gasteiger partial charge on any atom is -0.337 e. The lowest BCUT2D eigenvalue weighted by Crippen LogP contribution is -2.47. The summed E-state index contributed by atoms with van der Waals surface area (Å²) in [6.07, 6.45) is 5.50. The van der Waals surface area contributed by atoms with Crippen LogP contribution < -0.4 is 0 Å². The molecule has 1 aromatic heterocycles. The number of pyridine rings is 1. The van der Waals surface area contributed by atoms with Crippen LogP contribution in [0.2, 0.25) is 0 Å². The molecule has 26 heavy (non-hydrogen) atoms. The molecule has 1 fully saturated rings. The number of para-hydroxylation sites is 1. The number of nitrogens with zero attached hydrogens (tertiary/aromatic N) is 3. The van der Waals surface area contributed by atoms with Crippen molar-refractivity contribution in [2.24, 2.45) is 0 Å². The summed E-state index contributed by atoms with van der Waals surface area (Å²) in [6, 6.07) is 9.80. The largest absolute Gasteiger partial charge is 0.337 e. The van der Waals surface area contributed by atoms with Crippen LogP contribution in [0.5, 0.6) is 0 Å². The van der Waals surface area contributed by atoms with E-state index in [2.05, 4.69) is 18.0 Å². The maximum atomic E-state index is 13.1. The van der Waals surface area contributed by atoms with Crippen LogP contribution in [0.1, 0.15) is 45.1 Å². The summed E-state index contributed by atoms with van der Waals surface area (Å²) in [7, 11) is 0. The van der Waals surface area contributed by atoms with Crippen LogP contribution in [0.3, 0.4) is 0 Å². The SMILES string of the molecule is CCCCN(Cc1cnc2ccccc2c1)C(=O)C1CCCN1C(C)=O. The third kappa shape index (κ3) is 4.03. The van der Waals surface area contributed by atoms with E-state index >= 15 is 0 Å². The van der Waals surface area contributed by atoms with Gasteiger partial charge in [0.1, 0.15) is 6.04 Å². The monoisotopic (exact) mass is 353 g/mol. The van der Waals surface area contributed by atoms with Gasteiger partial charge in [-0.1, -0.05) is 31.5 Å². The summed E-state index contributed by atoms with van der Waals surface area (Å²) < 4.78 is 0. The minimum absolute atomic E-state index is 0.0105. The zero-order valence-electron chi connectivity index (χ0n) is 15.6. The molecule has 138 valence electrons. The van der Waals surface area contributed by atoms with E-state index in [1.807, 2.05) is 35.4 Å². The van der Waals surface area contributed by atoms with Crippen LogP contribution >= 0.6 is 0 Å². The summed E-state index contributed by atoms with van der Waals surface area (Å²) in [6.45, 7) is 5.61. The van der Waals surface area contributed by atoms with Gasteiger partial charge >= 0.3 is 0 Å². The molecule has 0 bridgehead atoms. The van der Waals surface area contributed by atoms with Gasteiger partial charge in [0.25, 0.3) is 0 Å². The number of aromatic nitrogens is 1. The van der Waals surface area contributed by atoms with Gasteiger partial charge in [0.15, 0.2) is 0 Å². The molecule has 5 heteroatoms. The Bertz CT molecular complexity index is 790. The molecular weight excluding hydrogens is 326 g/mol. The first-order valence-corrected chi connectivity index (χ1v) is 9.50. The molecule has 0 N–H and O–H groups in total. The first kappa shape index (κ1) is 18.4. The lowest BCUT2D eigenvalue weighted by Gasteiger charge is -2.30. The second kappa shape index (κ2) is 8.30. The van der Waals surface area contributed by atoms with E-state index in [0.29, 0.717) is 19.6 Å². The van der Waals surface area contributed by atoms with Crippen LogP contribution in [-0.2, 0) is 16.1 Å². The summed E-state index contributed by atoms with van der Waals surface area (Å²) in [5.74, 6) is 0.0583. The maximum absolute atomic E-state index is 13.1.